The van der Waals surface area contributed by atoms with Crippen LogP contribution in [0.1, 0.15) is 15.9 Å². The van der Waals surface area contributed by atoms with E-state index in [4.69, 9.17) is 4.74 Å². The van der Waals surface area contributed by atoms with E-state index in [0.29, 0.717) is 24.5 Å². The fourth-order valence-corrected chi connectivity index (χ4v) is 2.14. The van der Waals surface area contributed by atoms with Gasteiger partial charge in [0.25, 0.3) is 5.91 Å². The third-order valence-corrected chi connectivity index (χ3v) is 3.34. The second kappa shape index (κ2) is 7.36. The number of hydrogen-bond donors (Lipinski definition) is 1. The minimum atomic E-state index is -0.235. The lowest BCUT2D eigenvalue weighted by Crippen LogP contribution is -2.29. The van der Waals surface area contributed by atoms with Gasteiger partial charge in [-0.15, -0.1) is 0 Å². The molecule has 0 spiro atoms. The van der Waals surface area contributed by atoms with Gasteiger partial charge in [-0.2, -0.15) is 5.10 Å². The summed E-state index contributed by atoms with van der Waals surface area (Å²) in [5, 5.41) is 6.83. The molecule has 24 heavy (non-hydrogen) atoms. The Morgan fingerprint density at radius 1 is 1.25 bits per heavy atom. The van der Waals surface area contributed by atoms with Gasteiger partial charge in [0, 0.05) is 6.20 Å². The fraction of sp³-hybridized carbons (Fsp3) is 0.176. The Kier molecular flexibility index (Phi) is 4.81. The van der Waals surface area contributed by atoms with E-state index in [1.165, 1.54) is 22.9 Å². The smallest absolute Gasteiger partial charge is 0.255 e. The number of nitrogens with one attached hydrogen (secondary N) is 1. The Hall–Kier alpha value is -3.22. The predicted octanol–water partition coefficient (Wildman–Crippen LogP) is 1.78. The molecular weight excluding hydrogens is 306 g/mol. The number of benzene rings is 1. The van der Waals surface area contributed by atoms with Crippen molar-refractivity contribution in [3.05, 3.63) is 66.4 Å². The first-order valence-electron chi connectivity index (χ1n) is 7.52. The molecule has 1 aromatic carbocycles. The zero-order valence-corrected chi connectivity index (χ0v) is 13.2. The maximum Gasteiger partial charge on any atom is 0.255 e. The maximum absolute atomic E-state index is 12.3. The van der Waals surface area contributed by atoms with Gasteiger partial charge in [0.2, 0.25) is 0 Å². The van der Waals surface area contributed by atoms with Crippen LogP contribution in [0.4, 0.5) is 0 Å². The van der Waals surface area contributed by atoms with Gasteiger partial charge in [0.05, 0.1) is 12.1 Å². The van der Waals surface area contributed by atoms with Gasteiger partial charge < -0.3 is 10.1 Å². The average Bonchev–Trinajstić information content (AvgIpc) is 3.14. The molecule has 3 aromatic rings. The molecule has 0 radical (unpaired) electrons. The zero-order valence-electron chi connectivity index (χ0n) is 13.2. The topological polar surface area (TPSA) is 81.9 Å². The molecule has 2 aromatic heterocycles. The van der Waals surface area contributed by atoms with Crippen molar-refractivity contribution in [2.24, 2.45) is 0 Å². The quantitative estimate of drug-likeness (QED) is 0.699. The summed E-state index contributed by atoms with van der Waals surface area (Å²) in [4.78, 5) is 20.4. The molecule has 0 atom stereocenters. The van der Waals surface area contributed by atoms with E-state index in [1.807, 2.05) is 31.2 Å². The monoisotopic (exact) mass is 323 g/mol. The van der Waals surface area contributed by atoms with Crippen molar-refractivity contribution in [1.82, 2.24) is 25.1 Å². The summed E-state index contributed by atoms with van der Waals surface area (Å²) in [6, 6.07) is 11.2. The third-order valence-electron chi connectivity index (χ3n) is 3.34. The summed E-state index contributed by atoms with van der Waals surface area (Å²) in [7, 11) is 0. The molecule has 1 amide bonds. The molecule has 0 aliphatic heterocycles. The number of pyridine rings is 1. The van der Waals surface area contributed by atoms with E-state index in [1.54, 1.807) is 18.3 Å². The Morgan fingerprint density at radius 2 is 2.08 bits per heavy atom. The first kappa shape index (κ1) is 15.7. The number of carbonyl (C=O) groups excluding carboxylic acids is 1. The molecule has 0 bridgehead atoms. The molecule has 2 heterocycles. The Bertz CT molecular complexity index is 800. The molecule has 0 saturated carbocycles. The Labute approximate surface area is 139 Å². The van der Waals surface area contributed by atoms with E-state index in [0.717, 1.165) is 5.75 Å². The van der Waals surface area contributed by atoms with Gasteiger partial charge in [0.15, 0.2) is 5.82 Å². The molecule has 0 saturated heterocycles. The van der Waals surface area contributed by atoms with Crippen molar-refractivity contribution in [2.45, 2.75) is 6.92 Å². The van der Waals surface area contributed by atoms with Crippen LogP contribution in [0.3, 0.4) is 0 Å². The van der Waals surface area contributed by atoms with Crippen LogP contribution in [0.25, 0.3) is 5.82 Å². The highest BCUT2D eigenvalue weighted by atomic mass is 16.5. The molecule has 7 nitrogen and oxygen atoms in total. The number of nitrogens with zero attached hydrogens (tertiary/aromatic N) is 4. The van der Waals surface area contributed by atoms with Gasteiger partial charge in [-0.05, 0) is 31.2 Å². The van der Waals surface area contributed by atoms with Crippen LogP contribution in [0.15, 0.2) is 55.2 Å². The lowest BCUT2D eigenvalue weighted by Gasteiger charge is -2.10. The van der Waals surface area contributed by atoms with Crippen molar-refractivity contribution in [3.8, 4) is 11.6 Å². The summed E-state index contributed by atoms with van der Waals surface area (Å²) >= 11 is 0. The minimum absolute atomic E-state index is 0.235. The van der Waals surface area contributed by atoms with E-state index in [-0.39, 0.29) is 5.91 Å². The number of ether oxygens (including phenoxy) is 1. The third kappa shape index (κ3) is 3.75. The molecule has 3 rings (SSSR count). The first-order valence-corrected chi connectivity index (χ1v) is 7.52. The van der Waals surface area contributed by atoms with Crippen molar-refractivity contribution < 1.29 is 9.53 Å². The number of aryl methyl sites for hydroxylation is 1. The molecule has 0 aliphatic carbocycles. The summed E-state index contributed by atoms with van der Waals surface area (Å²) in [6.07, 6.45) is 4.50. The van der Waals surface area contributed by atoms with E-state index in [2.05, 4.69) is 20.4 Å². The highest BCUT2D eigenvalue weighted by Gasteiger charge is 2.13. The van der Waals surface area contributed by atoms with Crippen molar-refractivity contribution in [2.75, 3.05) is 13.2 Å². The molecule has 1 N–H and O–H groups in total. The first-order chi connectivity index (χ1) is 11.7. The van der Waals surface area contributed by atoms with Gasteiger partial charge in [-0.3, -0.25) is 4.79 Å². The summed E-state index contributed by atoms with van der Waals surface area (Å²) in [5.41, 5.74) is 1.60. The molecule has 122 valence electrons. The number of rotatable bonds is 6. The van der Waals surface area contributed by atoms with E-state index < -0.39 is 0 Å². The summed E-state index contributed by atoms with van der Waals surface area (Å²) in [5.74, 6) is 0.979. The fourth-order valence-electron chi connectivity index (χ4n) is 2.14. The van der Waals surface area contributed by atoms with Crippen molar-refractivity contribution >= 4 is 5.91 Å². The van der Waals surface area contributed by atoms with Crippen LogP contribution < -0.4 is 10.1 Å². The van der Waals surface area contributed by atoms with Gasteiger partial charge in [0.1, 0.15) is 25.0 Å². The van der Waals surface area contributed by atoms with Crippen LogP contribution in [0.2, 0.25) is 0 Å². The average molecular weight is 323 g/mol. The minimum Gasteiger partial charge on any atom is -0.492 e. The molecule has 0 unspecified atom stereocenters. The largest absolute Gasteiger partial charge is 0.492 e. The summed E-state index contributed by atoms with van der Waals surface area (Å²) < 4.78 is 7.05. The maximum atomic E-state index is 12.3. The number of aromatic nitrogens is 4. The van der Waals surface area contributed by atoms with Crippen LogP contribution in [-0.2, 0) is 0 Å². The lowest BCUT2D eigenvalue weighted by molar-refractivity contribution is 0.0946. The van der Waals surface area contributed by atoms with Crippen LogP contribution in [0, 0.1) is 6.92 Å². The normalized spacial score (nSPS) is 10.4. The Balaban J connectivity index is 1.57. The zero-order chi connectivity index (χ0) is 16.8. The summed E-state index contributed by atoms with van der Waals surface area (Å²) in [6.45, 7) is 2.79. The van der Waals surface area contributed by atoms with Gasteiger partial charge in [-0.1, -0.05) is 17.7 Å². The van der Waals surface area contributed by atoms with Crippen molar-refractivity contribution in [3.63, 3.8) is 0 Å². The predicted molar refractivity (Wildman–Crippen MR) is 88.2 cm³/mol. The van der Waals surface area contributed by atoms with E-state index in [9.17, 15) is 4.79 Å². The highest BCUT2D eigenvalue weighted by molar-refractivity contribution is 5.97. The number of carbonyl (C=O) groups is 1. The molecule has 7 heteroatoms. The van der Waals surface area contributed by atoms with E-state index >= 15 is 0 Å². The second-order valence-electron chi connectivity index (χ2n) is 5.13. The number of hydrogen-bond acceptors (Lipinski definition) is 5. The van der Waals surface area contributed by atoms with Crippen LogP contribution in [0.5, 0.6) is 5.75 Å². The second-order valence-corrected chi connectivity index (χ2v) is 5.13. The SMILES string of the molecule is Cc1ccc(OCCNC(=O)c2cccnc2-n2cncn2)cc1. The standard InChI is InChI=1S/C17H17N5O2/c1-13-4-6-14(7-5-13)24-10-9-20-17(23)15-3-2-8-19-16(15)22-12-18-11-21-22/h2-8,11-12H,9-10H2,1H3,(H,20,23). The molecular formula is C17H17N5O2. The van der Waals surface area contributed by atoms with Crippen LogP contribution in [-0.4, -0.2) is 38.8 Å². The lowest BCUT2D eigenvalue weighted by atomic mass is 10.2. The van der Waals surface area contributed by atoms with Gasteiger partial charge >= 0.3 is 0 Å². The highest BCUT2D eigenvalue weighted by Crippen LogP contribution is 2.11. The van der Waals surface area contributed by atoms with Crippen molar-refractivity contribution in [1.29, 1.82) is 0 Å². The van der Waals surface area contributed by atoms with Crippen LogP contribution >= 0.6 is 0 Å². The van der Waals surface area contributed by atoms with Gasteiger partial charge in [-0.25, -0.2) is 14.6 Å². The molecule has 0 fully saturated rings. The number of amides is 1. The Morgan fingerprint density at radius 3 is 2.83 bits per heavy atom. The molecule has 0 aliphatic rings.